The van der Waals surface area contributed by atoms with E-state index in [1.165, 1.54) is 6.42 Å². The molecule has 156 valence electrons. The maximum atomic E-state index is 12.6. The molecule has 4 saturated heterocycles. The summed E-state index contributed by atoms with van der Waals surface area (Å²) in [5.74, 6) is 2.05. The number of morpholine rings is 1. The van der Waals surface area contributed by atoms with Gasteiger partial charge in [-0.1, -0.05) is 0 Å². The van der Waals surface area contributed by atoms with Crippen LogP contribution in [-0.4, -0.2) is 83.9 Å². The molecule has 28 heavy (non-hydrogen) atoms. The zero-order valence-electron chi connectivity index (χ0n) is 16.5. The summed E-state index contributed by atoms with van der Waals surface area (Å²) in [6.07, 6.45) is 2.32. The van der Waals surface area contributed by atoms with E-state index in [0.717, 1.165) is 52.4 Å². The van der Waals surface area contributed by atoms with Crippen LogP contribution in [0.2, 0.25) is 0 Å². The third kappa shape index (κ3) is 4.52. The van der Waals surface area contributed by atoms with Crippen molar-refractivity contribution in [3.8, 4) is 5.75 Å². The molecule has 4 fully saturated rings. The van der Waals surface area contributed by atoms with Crippen LogP contribution in [0.15, 0.2) is 29.2 Å². The van der Waals surface area contributed by atoms with Gasteiger partial charge in [0.15, 0.2) is 0 Å². The van der Waals surface area contributed by atoms with Crippen molar-refractivity contribution in [2.45, 2.75) is 23.8 Å². The number of hydrogen-bond acceptors (Lipinski definition) is 6. The summed E-state index contributed by atoms with van der Waals surface area (Å²) in [6.45, 7) is 7.55. The van der Waals surface area contributed by atoms with Gasteiger partial charge in [0.2, 0.25) is 10.0 Å². The standard InChI is InChI=1S/C20H31N3O4S/c1-26-19-2-4-20(5-3-19)28(24,25)21-13-18-12-16-6-7-23(18)15-17(16)14-22-8-10-27-11-9-22/h2-5,16-18,21H,6-15H2,1H3/t16-,17+,18+/m1/s1. The van der Waals surface area contributed by atoms with E-state index in [-0.39, 0.29) is 4.90 Å². The van der Waals surface area contributed by atoms with Gasteiger partial charge in [-0.3, -0.25) is 9.80 Å². The van der Waals surface area contributed by atoms with Crippen LogP contribution in [0.4, 0.5) is 0 Å². The van der Waals surface area contributed by atoms with E-state index in [4.69, 9.17) is 9.47 Å². The first-order valence-electron chi connectivity index (χ1n) is 10.2. The van der Waals surface area contributed by atoms with E-state index in [0.29, 0.717) is 30.2 Å². The molecule has 0 saturated carbocycles. The Balaban J connectivity index is 1.31. The van der Waals surface area contributed by atoms with Crippen molar-refractivity contribution in [3.63, 3.8) is 0 Å². The first-order chi connectivity index (χ1) is 13.5. The van der Waals surface area contributed by atoms with Gasteiger partial charge in [-0.2, -0.15) is 0 Å². The predicted molar refractivity (Wildman–Crippen MR) is 107 cm³/mol. The van der Waals surface area contributed by atoms with Gasteiger partial charge in [-0.25, -0.2) is 13.1 Å². The minimum absolute atomic E-state index is 0.287. The largest absolute Gasteiger partial charge is 0.497 e. The number of piperidine rings is 3. The maximum Gasteiger partial charge on any atom is 0.240 e. The highest BCUT2D eigenvalue weighted by Crippen LogP contribution is 2.36. The van der Waals surface area contributed by atoms with Crippen LogP contribution in [0, 0.1) is 11.8 Å². The number of benzene rings is 1. The minimum atomic E-state index is -3.49. The van der Waals surface area contributed by atoms with E-state index < -0.39 is 10.0 Å². The molecule has 4 aliphatic rings. The molecule has 1 aromatic carbocycles. The van der Waals surface area contributed by atoms with Crippen molar-refractivity contribution < 1.29 is 17.9 Å². The number of hydrogen-bond donors (Lipinski definition) is 1. The zero-order chi connectivity index (χ0) is 19.6. The second kappa shape index (κ2) is 8.67. The fraction of sp³-hybridized carbons (Fsp3) is 0.700. The van der Waals surface area contributed by atoms with E-state index in [2.05, 4.69) is 14.5 Å². The average Bonchev–Trinajstić information content (AvgIpc) is 2.74. The number of rotatable bonds is 7. The van der Waals surface area contributed by atoms with Crippen molar-refractivity contribution in [1.82, 2.24) is 14.5 Å². The molecule has 1 unspecified atom stereocenters. The molecule has 4 aliphatic heterocycles. The predicted octanol–water partition coefficient (Wildman–Crippen LogP) is 1.02. The van der Waals surface area contributed by atoms with Crippen molar-refractivity contribution in [2.24, 2.45) is 11.8 Å². The number of sulfonamides is 1. The number of fused-ring (bicyclic) bond motifs is 3. The maximum absolute atomic E-state index is 12.6. The van der Waals surface area contributed by atoms with E-state index in [1.807, 2.05) is 0 Å². The van der Waals surface area contributed by atoms with Gasteiger partial charge in [0.25, 0.3) is 0 Å². The van der Waals surface area contributed by atoms with Crippen LogP contribution in [0.25, 0.3) is 0 Å². The molecule has 1 aromatic rings. The summed E-state index contributed by atoms with van der Waals surface area (Å²) in [6, 6.07) is 6.83. The van der Waals surface area contributed by atoms with Crippen LogP contribution in [-0.2, 0) is 14.8 Å². The normalized spacial score (nSPS) is 31.0. The minimum Gasteiger partial charge on any atom is -0.497 e. The molecular formula is C20H31N3O4S. The van der Waals surface area contributed by atoms with Gasteiger partial charge in [-0.05, 0) is 55.5 Å². The highest BCUT2D eigenvalue weighted by Gasteiger charge is 2.40. The van der Waals surface area contributed by atoms with Crippen molar-refractivity contribution in [1.29, 1.82) is 0 Å². The highest BCUT2D eigenvalue weighted by atomic mass is 32.2. The third-order valence-electron chi connectivity index (χ3n) is 6.49. The molecule has 5 rings (SSSR count). The fourth-order valence-corrected chi connectivity index (χ4v) is 5.90. The van der Waals surface area contributed by atoms with Gasteiger partial charge in [0.05, 0.1) is 25.2 Å². The summed E-state index contributed by atoms with van der Waals surface area (Å²) in [7, 11) is -1.92. The van der Waals surface area contributed by atoms with Crippen LogP contribution < -0.4 is 9.46 Å². The Kier molecular flexibility index (Phi) is 6.22. The van der Waals surface area contributed by atoms with Gasteiger partial charge in [-0.15, -0.1) is 0 Å². The molecule has 0 spiro atoms. The number of methoxy groups -OCH3 is 1. The lowest BCUT2D eigenvalue weighted by molar-refractivity contribution is -0.0285. The lowest BCUT2D eigenvalue weighted by atomic mass is 9.75. The highest BCUT2D eigenvalue weighted by molar-refractivity contribution is 7.89. The van der Waals surface area contributed by atoms with E-state index >= 15 is 0 Å². The second-order valence-electron chi connectivity index (χ2n) is 8.13. The van der Waals surface area contributed by atoms with Crippen molar-refractivity contribution in [2.75, 3.05) is 59.6 Å². The number of nitrogens with one attached hydrogen (secondary N) is 1. The molecule has 4 heterocycles. The number of nitrogens with zero attached hydrogens (tertiary/aromatic N) is 2. The molecule has 4 atom stereocenters. The Labute approximate surface area is 168 Å². The Morgan fingerprint density at radius 1 is 1.18 bits per heavy atom. The molecule has 0 amide bonds. The third-order valence-corrected chi connectivity index (χ3v) is 7.93. The topological polar surface area (TPSA) is 71.1 Å². The summed E-state index contributed by atoms with van der Waals surface area (Å²) in [5, 5.41) is 0. The molecule has 2 bridgehead atoms. The fourth-order valence-electron chi connectivity index (χ4n) is 4.83. The molecule has 0 radical (unpaired) electrons. The lowest BCUT2D eigenvalue weighted by Gasteiger charge is -2.51. The van der Waals surface area contributed by atoms with Crippen LogP contribution >= 0.6 is 0 Å². The molecule has 0 aliphatic carbocycles. The summed E-state index contributed by atoms with van der Waals surface area (Å²) < 4.78 is 38.6. The smallest absolute Gasteiger partial charge is 0.240 e. The summed E-state index contributed by atoms with van der Waals surface area (Å²) in [5.41, 5.74) is 0. The van der Waals surface area contributed by atoms with Gasteiger partial charge >= 0.3 is 0 Å². The van der Waals surface area contributed by atoms with Crippen LogP contribution in [0.1, 0.15) is 12.8 Å². The molecule has 0 aromatic heterocycles. The SMILES string of the molecule is COc1ccc(S(=O)(=O)NC[C@@H]2C[C@H]3CCN2C[C@@H]3CN2CCOCC2)cc1. The van der Waals surface area contributed by atoms with Crippen LogP contribution in [0.3, 0.4) is 0 Å². The Morgan fingerprint density at radius 3 is 2.57 bits per heavy atom. The van der Waals surface area contributed by atoms with E-state index in [1.54, 1.807) is 31.4 Å². The second-order valence-corrected chi connectivity index (χ2v) is 9.90. The monoisotopic (exact) mass is 409 g/mol. The Hall–Kier alpha value is -1.19. The quantitative estimate of drug-likeness (QED) is 0.725. The first kappa shape index (κ1) is 20.1. The average molecular weight is 410 g/mol. The van der Waals surface area contributed by atoms with E-state index in [9.17, 15) is 8.42 Å². The Morgan fingerprint density at radius 2 is 1.93 bits per heavy atom. The summed E-state index contributed by atoms with van der Waals surface area (Å²) in [4.78, 5) is 5.30. The molecular weight excluding hydrogens is 378 g/mol. The van der Waals surface area contributed by atoms with Gasteiger partial charge in [0, 0.05) is 38.8 Å². The van der Waals surface area contributed by atoms with Crippen molar-refractivity contribution >= 4 is 10.0 Å². The molecule has 8 heteroatoms. The molecule has 1 N–H and O–H groups in total. The number of ether oxygens (including phenoxy) is 2. The van der Waals surface area contributed by atoms with Crippen molar-refractivity contribution in [3.05, 3.63) is 24.3 Å². The zero-order valence-corrected chi connectivity index (χ0v) is 17.4. The van der Waals surface area contributed by atoms with Crippen LogP contribution in [0.5, 0.6) is 5.75 Å². The Bertz CT molecular complexity index is 749. The van der Waals surface area contributed by atoms with Gasteiger partial charge in [0.1, 0.15) is 5.75 Å². The summed E-state index contributed by atoms with van der Waals surface area (Å²) >= 11 is 0. The van der Waals surface area contributed by atoms with Gasteiger partial charge < -0.3 is 9.47 Å². The first-order valence-corrected chi connectivity index (χ1v) is 11.7. The lowest BCUT2D eigenvalue weighted by Crippen LogP contribution is -2.58. The molecule has 7 nitrogen and oxygen atoms in total.